The van der Waals surface area contributed by atoms with E-state index in [4.69, 9.17) is 16.3 Å². The van der Waals surface area contributed by atoms with Crippen molar-refractivity contribution in [1.29, 1.82) is 0 Å². The van der Waals surface area contributed by atoms with Gasteiger partial charge in [0.05, 0.1) is 5.56 Å². The second-order valence-corrected chi connectivity index (χ2v) is 14.1. The van der Waals surface area contributed by atoms with Crippen LogP contribution < -0.4 is 18.9 Å². The van der Waals surface area contributed by atoms with E-state index in [1.165, 1.54) is 34.4 Å². The number of carbonyl (C=O) groups excluding carboxylic acids is 3. The number of Topliss-reactive ketones (excluding diaryl/α,β-unsaturated/α-hetero) is 1. The normalized spacial score (nSPS) is 14.1. The van der Waals surface area contributed by atoms with Crippen molar-refractivity contribution in [1.82, 2.24) is 0 Å². The Morgan fingerprint density at radius 3 is 1.66 bits per heavy atom. The maximum atomic E-state index is 12.9. The molecule has 2 saturated carbocycles. The van der Waals surface area contributed by atoms with Crippen molar-refractivity contribution in [3.8, 4) is 0 Å². The van der Waals surface area contributed by atoms with Gasteiger partial charge >= 0.3 is 24.8 Å². The summed E-state index contributed by atoms with van der Waals surface area (Å²) in [6, 6.07) is 46.4. The molecule has 0 amide bonds. The summed E-state index contributed by atoms with van der Waals surface area (Å²) in [5.41, 5.74) is 3.65. The predicted molar refractivity (Wildman–Crippen MR) is 228 cm³/mol. The number of hydrogen-bond donors (Lipinski definition) is 0. The van der Waals surface area contributed by atoms with Gasteiger partial charge in [-0.1, -0.05) is 117 Å². The molecule has 6 aromatic rings. The van der Waals surface area contributed by atoms with Gasteiger partial charge in [-0.2, -0.15) is 24.3 Å². The summed E-state index contributed by atoms with van der Waals surface area (Å²) in [6.45, 7) is 7.35. The number of ether oxygens (including phenoxy) is 1. The third-order valence-corrected chi connectivity index (χ3v) is 10.2. The zero-order chi connectivity index (χ0) is 38.9. The summed E-state index contributed by atoms with van der Waals surface area (Å²) in [5.74, 6) is 0.215. The minimum absolute atomic E-state index is 0. The Morgan fingerprint density at radius 2 is 1.14 bits per heavy atom. The molecule has 0 aliphatic heterocycles. The van der Waals surface area contributed by atoms with Crippen LogP contribution in [-0.2, 0) is 15.1 Å². The van der Waals surface area contributed by atoms with Gasteiger partial charge in [-0.25, -0.2) is 4.79 Å². The van der Waals surface area contributed by atoms with Gasteiger partial charge in [-0.3, -0.25) is 9.59 Å². The molecular formula is C50H48ClLiO4. The molecule has 280 valence electrons. The van der Waals surface area contributed by atoms with Crippen LogP contribution in [0.1, 0.15) is 102 Å². The minimum Gasteiger partial charge on any atom is -0.451 e. The van der Waals surface area contributed by atoms with Crippen molar-refractivity contribution in [2.75, 3.05) is 0 Å². The first-order valence-corrected chi connectivity index (χ1v) is 19.4. The first kappa shape index (κ1) is 43.7. The Labute approximate surface area is 348 Å². The second-order valence-electron chi connectivity index (χ2n) is 13.8. The van der Waals surface area contributed by atoms with Crippen LogP contribution in [0.5, 0.6) is 0 Å². The Kier molecular flexibility index (Phi) is 17.6. The molecule has 2 fully saturated rings. The quantitative estimate of drug-likeness (QED) is 0.0735. The molecule has 6 heteroatoms. The molecule has 2 aliphatic carbocycles. The molecule has 4 nitrogen and oxygen atoms in total. The van der Waals surface area contributed by atoms with Gasteiger partial charge in [0.25, 0.3) is 5.24 Å². The van der Waals surface area contributed by atoms with Gasteiger partial charge in [0.1, 0.15) is 11.4 Å². The maximum absolute atomic E-state index is 12.9. The Balaban J connectivity index is 0.000000196. The summed E-state index contributed by atoms with van der Waals surface area (Å²) >= 11 is 5.23. The predicted octanol–water partition coefficient (Wildman–Crippen LogP) is 10.4. The van der Waals surface area contributed by atoms with Crippen molar-refractivity contribution in [3.05, 3.63) is 181 Å². The van der Waals surface area contributed by atoms with Crippen molar-refractivity contribution < 1.29 is 38.0 Å². The molecule has 0 unspecified atom stereocenters. The zero-order valence-corrected chi connectivity index (χ0v) is 33.1. The monoisotopic (exact) mass is 754 g/mol. The Hall–Kier alpha value is -4.98. The molecule has 0 radical (unpaired) electrons. The fraction of sp³-hybridized carbons (Fsp3) is 0.220. The van der Waals surface area contributed by atoms with Gasteiger partial charge in [-0.15, -0.1) is 16.8 Å². The molecule has 0 bridgehead atoms. The Bertz CT molecular complexity index is 2130. The third kappa shape index (κ3) is 12.8. The number of carbonyl (C=O) groups is 3. The zero-order valence-electron chi connectivity index (χ0n) is 32.4. The van der Waals surface area contributed by atoms with Crippen LogP contribution in [0.25, 0.3) is 33.7 Å². The molecule has 0 heterocycles. The van der Waals surface area contributed by atoms with Crippen LogP contribution in [-0.4, -0.2) is 17.0 Å². The van der Waals surface area contributed by atoms with E-state index in [0.717, 1.165) is 68.1 Å². The smallest absolute Gasteiger partial charge is 0.451 e. The van der Waals surface area contributed by atoms with E-state index < -0.39 is 10.8 Å². The van der Waals surface area contributed by atoms with Gasteiger partial charge in [-0.05, 0) is 108 Å². The van der Waals surface area contributed by atoms with Crippen molar-refractivity contribution >= 4 is 62.3 Å². The number of rotatable bonds is 6. The molecule has 0 saturated heterocycles. The molecule has 6 aromatic carbocycles. The van der Waals surface area contributed by atoms with E-state index in [9.17, 15) is 14.4 Å². The van der Waals surface area contributed by atoms with Gasteiger partial charge in [0.2, 0.25) is 0 Å². The number of esters is 1. The van der Waals surface area contributed by atoms with E-state index in [2.05, 4.69) is 67.8 Å². The van der Waals surface area contributed by atoms with Crippen LogP contribution >= 0.6 is 11.6 Å². The van der Waals surface area contributed by atoms with Crippen LogP contribution in [0.15, 0.2) is 147 Å². The largest absolute Gasteiger partial charge is 1.00 e. The third-order valence-electron chi connectivity index (χ3n) is 9.99. The van der Waals surface area contributed by atoms with Crippen molar-refractivity contribution in [3.63, 3.8) is 0 Å². The first-order valence-electron chi connectivity index (χ1n) is 19.0. The van der Waals surface area contributed by atoms with Crippen LogP contribution in [0.3, 0.4) is 0 Å². The molecule has 0 aromatic heterocycles. The summed E-state index contributed by atoms with van der Waals surface area (Å²) in [5, 5.41) is 4.50. The van der Waals surface area contributed by atoms with Crippen molar-refractivity contribution in [2.45, 2.75) is 69.8 Å². The summed E-state index contributed by atoms with van der Waals surface area (Å²) < 4.78 is 6.21. The molecule has 8 rings (SSSR count). The van der Waals surface area contributed by atoms with Gasteiger partial charge in [0.15, 0.2) is 0 Å². The molecule has 0 spiro atoms. The van der Waals surface area contributed by atoms with E-state index in [0.29, 0.717) is 16.9 Å². The average molecular weight is 755 g/mol. The van der Waals surface area contributed by atoms with Crippen LogP contribution in [0, 0.1) is 6.07 Å². The SMILES string of the molecule is C=Cc1ccc(C(=O)Cl)cc1.C=Cc1ccc(C(=O)OC2(c3ccc4ccccc4c3)CCCCC2)cc1.O=C1CCCCC1.[Li+].[c-]1ccc2ccccc2c1. The fourth-order valence-corrected chi connectivity index (χ4v) is 6.93. The molecule has 0 atom stereocenters. The molecule has 56 heavy (non-hydrogen) atoms. The maximum Gasteiger partial charge on any atom is 1.00 e. The standard InChI is InChI=1S/C25H24O2.C10H7.C9H7ClO.C6H10O.Li/c1-2-19-10-12-21(13-11-19)24(26)27-25(16-6-3-7-17-25)23-15-14-20-8-4-5-9-22(20)18-23;1-2-6-10-8-4-3-7-9(10)5-1;1-2-7-3-5-8(6-4-7)9(10)11;7-6-4-2-1-3-5-6;/h2,4-5,8-15,18H,1,3,6-7,16-17H2;1-3,5-8H;2-6H,1H2;1-5H2;/q;-1;;;+1. The molecule has 0 N–H and O–H groups in total. The number of fused-ring (bicyclic) bond motifs is 2. The molecular weight excluding hydrogens is 707 g/mol. The second kappa shape index (κ2) is 22.5. The number of benzene rings is 6. The summed E-state index contributed by atoms with van der Waals surface area (Å²) in [7, 11) is 0. The van der Waals surface area contributed by atoms with E-state index >= 15 is 0 Å². The number of ketones is 1. The van der Waals surface area contributed by atoms with Gasteiger partial charge < -0.3 is 4.74 Å². The van der Waals surface area contributed by atoms with E-state index in [1.54, 1.807) is 36.4 Å². The van der Waals surface area contributed by atoms with Gasteiger partial charge in [0, 0.05) is 18.4 Å². The first-order chi connectivity index (χ1) is 26.8. The average Bonchev–Trinajstić information content (AvgIpc) is 3.25. The van der Waals surface area contributed by atoms with E-state index in [-0.39, 0.29) is 24.8 Å². The summed E-state index contributed by atoms with van der Waals surface area (Å²) in [4.78, 5) is 34.0. The number of halogens is 1. The minimum atomic E-state index is -0.531. The topological polar surface area (TPSA) is 60.4 Å². The fourth-order valence-electron chi connectivity index (χ4n) is 6.80. The van der Waals surface area contributed by atoms with Crippen LogP contribution in [0.4, 0.5) is 0 Å². The summed E-state index contributed by atoms with van der Waals surface area (Å²) in [6.07, 6.45) is 13.8. The van der Waals surface area contributed by atoms with Crippen LogP contribution in [0.2, 0.25) is 0 Å². The van der Waals surface area contributed by atoms with E-state index in [1.807, 2.05) is 60.7 Å². The Morgan fingerprint density at radius 1 is 0.625 bits per heavy atom. The molecule has 2 aliphatic rings. The van der Waals surface area contributed by atoms with Crippen molar-refractivity contribution in [2.24, 2.45) is 0 Å². The number of hydrogen-bond acceptors (Lipinski definition) is 4.